The van der Waals surface area contributed by atoms with Crippen LogP contribution in [0.2, 0.25) is 0 Å². The number of piperidine rings is 1. The molecule has 2 fully saturated rings. The number of morpholine rings is 1. The average molecular weight is 320 g/mol. The first-order chi connectivity index (χ1) is 11.2. The van der Waals surface area contributed by atoms with Gasteiger partial charge in [0.05, 0.1) is 13.2 Å². The van der Waals surface area contributed by atoms with Gasteiger partial charge in [0, 0.05) is 18.5 Å². The van der Waals surface area contributed by atoms with Gasteiger partial charge >= 0.3 is 0 Å². The van der Waals surface area contributed by atoms with Gasteiger partial charge in [-0.15, -0.1) is 0 Å². The van der Waals surface area contributed by atoms with Crippen molar-refractivity contribution < 1.29 is 13.9 Å². The Kier molecular flexibility index (Phi) is 5.62. The number of halogens is 1. The van der Waals surface area contributed by atoms with Crippen LogP contribution in [-0.4, -0.2) is 43.6 Å². The van der Waals surface area contributed by atoms with Gasteiger partial charge < -0.3 is 15.0 Å². The molecule has 1 aromatic rings. The Morgan fingerprint density at radius 3 is 2.87 bits per heavy atom. The Balaban J connectivity index is 1.53. The maximum absolute atomic E-state index is 13.9. The molecular formula is C18H25FN2O2. The van der Waals surface area contributed by atoms with Gasteiger partial charge in [-0.05, 0) is 44.3 Å². The second-order valence-corrected chi connectivity index (χ2v) is 6.45. The third-order valence-electron chi connectivity index (χ3n) is 4.90. The molecule has 0 unspecified atom stereocenters. The molecular weight excluding hydrogens is 295 g/mol. The lowest BCUT2D eigenvalue weighted by molar-refractivity contribution is -0.139. The maximum atomic E-state index is 13.9. The normalized spacial score (nSPS) is 23.0. The molecule has 0 bridgehead atoms. The minimum atomic E-state index is -0.354. The highest BCUT2D eigenvalue weighted by Gasteiger charge is 2.27. The zero-order chi connectivity index (χ0) is 16.1. The summed E-state index contributed by atoms with van der Waals surface area (Å²) in [6.45, 7) is 3.65. The van der Waals surface area contributed by atoms with Crippen LogP contribution in [-0.2, 0) is 9.53 Å². The van der Waals surface area contributed by atoms with E-state index in [4.69, 9.17) is 4.74 Å². The highest BCUT2D eigenvalue weighted by atomic mass is 19.1. The van der Waals surface area contributed by atoms with Crippen LogP contribution >= 0.6 is 0 Å². The van der Waals surface area contributed by atoms with Gasteiger partial charge in [-0.2, -0.15) is 0 Å². The summed E-state index contributed by atoms with van der Waals surface area (Å²) in [6, 6.07) is 6.66. The summed E-state index contributed by atoms with van der Waals surface area (Å²) in [5.41, 5.74) is 0.545. The van der Waals surface area contributed by atoms with Crippen molar-refractivity contribution in [2.75, 3.05) is 32.8 Å². The number of nitrogens with one attached hydrogen (secondary N) is 1. The fraction of sp³-hybridized carbons (Fsp3) is 0.611. The smallest absolute Gasteiger partial charge is 0.222 e. The van der Waals surface area contributed by atoms with Crippen LogP contribution in [0.15, 0.2) is 24.3 Å². The van der Waals surface area contributed by atoms with Gasteiger partial charge in [0.2, 0.25) is 5.91 Å². The molecule has 2 aliphatic heterocycles. The Hall–Kier alpha value is -1.46. The Labute approximate surface area is 137 Å². The fourth-order valence-electron chi connectivity index (χ4n) is 3.46. The van der Waals surface area contributed by atoms with Crippen molar-refractivity contribution in [3.05, 3.63) is 35.6 Å². The molecule has 0 spiro atoms. The van der Waals surface area contributed by atoms with E-state index in [1.165, 1.54) is 6.07 Å². The van der Waals surface area contributed by atoms with Crippen molar-refractivity contribution in [2.24, 2.45) is 5.92 Å². The first-order valence-electron chi connectivity index (χ1n) is 8.58. The first kappa shape index (κ1) is 16.4. The molecule has 1 amide bonds. The lowest BCUT2D eigenvalue weighted by Crippen LogP contribution is -2.42. The second-order valence-electron chi connectivity index (χ2n) is 6.45. The van der Waals surface area contributed by atoms with Gasteiger partial charge in [-0.3, -0.25) is 4.79 Å². The van der Waals surface area contributed by atoms with Gasteiger partial charge in [0.1, 0.15) is 11.9 Å². The van der Waals surface area contributed by atoms with E-state index in [-0.39, 0.29) is 17.8 Å². The van der Waals surface area contributed by atoms with Crippen LogP contribution < -0.4 is 5.32 Å². The number of hydrogen-bond acceptors (Lipinski definition) is 3. The quantitative estimate of drug-likeness (QED) is 0.927. The van der Waals surface area contributed by atoms with E-state index >= 15 is 0 Å². The Morgan fingerprint density at radius 2 is 2.09 bits per heavy atom. The third kappa shape index (κ3) is 4.30. The Morgan fingerprint density at radius 1 is 1.30 bits per heavy atom. The van der Waals surface area contributed by atoms with Crippen molar-refractivity contribution in [1.82, 2.24) is 10.2 Å². The highest BCUT2D eigenvalue weighted by Crippen LogP contribution is 2.25. The lowest BCUT2D eigenvalue weighted by atomic mass is 9.93. The molecule has 23 heavy (non-hydrogen) atoms. The zero-order valence-electron chi connectivity index (χ0n) is 13.5. The van der Waals surface area contributed by atoms with Crippen LogP contribution in [0, 0.1) is 11.7 Å². The third-order valence-corrected chi connectivity index (χ3v) is 4.90. The predicted molar refractivity (Wildman–Crippen MR) is 86.5 cm³/mol. The SMILES string of the molecule is O=C(CCC1CCNCC1)N1CCO[C@@H](c2ccccc2F)C1. The molecule has 2 saturated heterocycles. The van der Waals surface area contributed by atoms with Crippen molar-refractivity contribution in [3.8, 4) is 0 Å². The van der Waals surface area contributed by atoms with E-state index in [1.807, 2.05) is 4.90 Å². The Bertz CT molecular complexity index is 532. The fourth-order valence-corrected chi connectivity index (χ4v) is 3.46. The largest absolute Gasteiger partial charge is 0.370 e. The van der Waals surface area contributed by atoms with Crippen LogP contribution in [0.5, 0.6) is 0 Å². The zero-order valence-corrected chi connectivity index (χ0v) is 13.5. The predicted octanol–water partition coefficient (Wildman–Crippen LogP) is 2.51. The lowest BCUT2D eigenvalue weighted by Gasteiger charge is -2.34. The molecule has 0 aromatic heterocycles. The summed E-state index contributed by atoms with van der Waals surface area (Å²) in [4.78, 5) is 14.3. The molecule has 1 aromatic carbocycles. The standard InChI is InChI=1S/C18H25FN2O2/c19-16-4-2-1-3-15(16)17-13-21(11-12-23-17)18(22)6-5-14-7-9-20-10-8-14/h1-4,14,17,20H,5-13H2/t17-/m1/s1. The molecule has 126 valence electrons. The monoisotopic (exact) mass is 320 g/mol. The number of rotatable bonds is 4. The molecule has 4 nitrogen and oxygen atoms in total. The number of carbonyl (C=O) groups excluding carboxylic acids is 1. The minimum absolute atomic E-state index is 0.174. The van der Waals surface area contributed by atoms with E-state index in [9.17, 15) is 9.18 Å². The van der Waals surface area contributed by atoms with Crippen molar-refractivity contribution in [3.63, 3.8) is 0 Å². The van der Waals surface area contributed by atoms with E-state index in [0.717, 1.165) is 32.4 Å². The number of ether oxygens (including phenoxy) is 1. The topological polar surface area (TPSA) is 41.6 Å². The van der Waals surface area contributed by atoms with E-state index < -0.39 is 0 Å². The highest BCUT2D eigenvalue weighted by molar-refractivity contribution is 5.76. The van der Waals surface area contributed by atoms with Gasteiger partial charge in [-0.25, -0.2) is 4.39 Å². The molecule has 2 aliphatic rings. The van der Waals surface area contributed by atoms with E-state index in [1.54, 1.807) is 18.2 Å². The summed E-state index contributed by atoms with van der Waals surface area (Å²) < 4.78 is 19.6. The average Bonchev–Trinajstić information content (AvgIpc) is 2.61. The summed E-state index contributed by atoms with van der Waals surface area (Å²) in [6.07, 6.45) is 3.52. The molecule has 5 heteroatoms. The molecule has 0 saturated carbocycles. The summed E-state index contributed by atoms with van der Waals surface area (Å²) in [5, 5.41) is 3.35. The second kappa shape index (κ2) is 7.88. The summed E-state index contributed by atoms with van der Waals surface area (Å²) in [7, 11) is 0. The minimum Gasteiger partial charge on any atom is -0.370 e. The molecule has 0 aliphatic carbocycles. The number of hydrogen-bond donors (Lipinski definition) is 1. The summed E-state index contributed by atoms with van der Waals surface area (Å²) in [5.74, 6) is 0.568. The van der Waals surface area contributed by atoms with Crippen molar-refractivity contribution in [1.29, 1.82) is 0 Å². The summed E-state index contributed by atoms with van der Waals surface area (Å²) >= 11 is 0. The van der Waals surface area contributed by atoms with Crippen LogP contribution in [0.1, 0.15) is 37.4 Å². The number of benzene rings is 1. The number of amides is 1. The molecule has 1 N–H and O–H groups in total. The maximum Gasteiger partial charge on any atom is 0.222 e. The first-order valence-corrected chi connectivity index (χ1v) is 8.58. The number of nitrogens with zero attached hydrogens (tertiary/aromatic N) is 1. The van der Waals surface area contributed by atoms with Crippen molar-refractivity contribution >= 4 is 5.91 Å². The van der Waals surface area contributed by atoms with Crippen LogP contribution in [0.3, 0.4) is 0 Å². The van der Waals surface area contributed by atoms with Gasteiger partial charge in [0.15, 0.2) is 0 Å². The van der Waals surface area contributed by atoms with Gasteiger partial charge in [0.25, 0.3) is 0 Å². The van der Waals surface area contributed by atoms with E-state index in [0.29, 0.717) is 37.6 Å². The van der Waals surface area contributed by atoms with Crippen LogP contribution in [0.4, 0.5) is 4.39 Å². The molecule has 0 radical (unpaired) electrons. The van der Waals surface area contributed by atoms with E-state index in [2.05, 4.69) is 5.32 Å². The number of carbonyl (C=O) groups is 1. The van der Waals surface area contributed by atoms with Gasteiger partial charge in [-0.1, -0.05) is 18.2 Å². The molecule has 1 atom stereocenters. The van der Waals surface area contributed by atoms with Crippen LogP contribution in [0.25, 0.3) is 0 Å². The molecule has 2 heterocycles. The van der Waals surface area contributed by atoms with Crippen molar-refractivity contribution in [2.45, 2.75) is 31.8 Å². The molecule has 3 rings (SSSR count).